The second-order valence-electron chi connectivity index (χ2n) is 12.1. The van der Waals surface area contributed by atoms with E-state index in [0.717, 1.165) is 42.5 Å². The molecule has 1 aromatic carbocycles. The van der Waals surface area contributed by atoms with E-state index in [1.54, 1.807) is 6.07 Å². The number of phenolic OH excluding ortho intramolecular Hbond substituents is 1. The van der Waals surface area contributed by atoms with Crippen LogP contribution in [0.5, 0.6) is 5.75 Å². The van der Waals surface area contributed by atoms with Crippen molar-refractivity contribution in [2.45, 2.75) is 50.6 Å². The minimum atomic E-state index is 0.207. The van der Waals surface area contributed by atoms with Gasteiger partial charge in [-0.05, 0) is 73.9 Å². The van der Waals surface area contributed by atoms with Crippen LogP contribution in [-0.4, -0.2) is 73.9 Å². The molecule has 9 heteroatoms. The quantitative estimate of drug-likeness (QED) is 0.373. The van der Waals surface area contributed by atoms with E-state index in [-0.39, 0.29) is 5.75 Å². The number of rotatable bonds is 4. The lowest BCUT2D eigenvalue weighted by atomic mass is 9.61. The van der Waals surface area contributed by atoms with Crippen molar-refractivity contribution in [3.8, 4) is 17.0 Å². The first kappa shape index (κ1) is 23.3. The molecule has 200 valence electrons. The molecule has 2 saturated heterocycles. The predicted octanol–water partition coefficient (Wildman–Crippen LogP) is 3.61. The number of aromatic nitrogens is 5. The fraction of sp³-hybridized carbons (Fsp3) is 0.467. The number of phenols is 1. The van der Waals surface area contributed by atoms with Crippen molar-refractivity contribution >= 4 is 17.0 Å². The highest BCUT2D eigenvalue weighted by atomic mass is 16.3. The second kappa shape index (κ2) is 8.99. The number of anilines is 1. The van der Waals surface area contributed by atoms with Crippen LogP contribution >= 0.6 is 0 Å². The highest BCUT2D eigenvalue weighted by molar-refractivity contribution is 5.85. The van der Waals surface area contributed by atoms with Gasteiger partial charge in [-0.1, -0.05) is 12.1 Å². The molecule has 8 rings (SSSR count). The third-order valence-electron chi connectivity index (χ3n) is 9.71. The molecule has 1 saturated carbocycles. The van der Waals surface area contributed by atoms with Gasteiger partial charge in [0.05, 0.1) is 5.69 Å². The largest absolute Gasteiger partial charge is 0.507 e. The molecular formula is C30H34N8O. The molecular weight excluding hydrogens is 488 g/mol. The summed E-state index contributed by atoms with van der Waals surface area (Å²) in [5, 5.41) is 23.6. The maximum absolute atomic E-state index is 10.3. The molecule has 0 atom stereocenters. The third-order valence-corrected chi connectivity index (χ3v) is 9.71. The maximum atomic E-state index is 10.3. The van der Waals surface area contributed by atoms with Gasteiger partial charge in [0.1, 0.15) is 5.75 Å². The zero-order valence-electron chi connectivity index (χ0n) is 22.1. The Labute approximate surface area is 227 Å². The minimum absolute atomic E-state index is 0.207. The number of nitrogens with zero attached hydrogens (tertiary/aromatic N) is 6. The number of piperidine rings is 1. The lowest BCUT2D eigenvalue weighted by molar-refractivity contribution is -0.0432. The number of benzene rings is 1. The van der Waals surface area contributed by atoms with E-state index in [1.807, 2.05) is 24.3 Å². The summed E-state index contributed by atoms with van der Waals surface area (Å²) in [6.07, 6.45) is 10.2. The molecule has 0 bridgehead atoms. The lowest BCUT2D eigenvalue weighted by Crippen LogP contribution is -2.65. The monoisotopic (exact) mass is 522 g/mol. The molecule has 39 heavy (non-hydrogen) atoms. The molecule has 0 radical (unpaired) electrons. The Hall–Kier alpha value is -3.56. The van der Waals surface area contributed by atoms with Crippen LogP contribution in [0.25, 0.3) is 22.3 Å². The third kappa shape index (κ3) is 3.98. The van der Waals surface area contributed by atoms with Crippen molar-refractivity contribution in [2.24, 2.45) is 5.41 Å². The molecule has 3 N–H and O–H groups in total. The van der Waals surface area contributed by atoms with Crippen LogP contribution in [0, 0.1) is 5.41 Å². The molecule has 4 aromatic rings. The van der Waals surface area contributed by atoms with Crippen LogP contribution in [0.15, 0.2) is 42.7 Å². The van der Waals surface area contributed by atoms with Gasteiger partial charge in [-0.15, -0.1) is 10.2 Å². The number of likely N-dealkylation sites (tertiary alicyclic amines) is 1. The van der Waals surface area contributed by atoms with Gasteiger partial charge in [0.15, 0.2) is 5.65 Å². The maximum Gasteiger partial charge on any atom is 0.225 e. The Morgan fingerprint density at radius 3 is 2.51 bits per heavy atom. The smallest absolute Gasteiger partial charge is 0.225 e. The first-order valence-corrected chi connectivity index (χ1v) is 14.3. The van der Waals surface area contributed by atoms with E-state index in [2.05, 4.69) is 42.7 Å². The topological polar surface area (TPSA) is 106 Å². The van der Waals surface area contributed by atoms with E-state index in [4.69, 9.17) is 9.97 Å². The molecule has 9 nitrogen and oxygen atoms in total. The van der Waals surface area contributed by atoms with E-state index < -0.39 is 0 Å². The fourth-order valence-corrected chi connectivity index (χ4v) is 7.27. The van der Waals surface area contributed by atoms with Crippen LogP contribution in [0.2, 0.25) is 0 Å². The molecule has 4 aliphatic rings. The Morgan fingerprint density at radius 2 is 1.77 bits per heavy atom. The summed E-state index contributed by atoms with van der Waals surface area (Å²) in [5.74, 6) is 1.55. The van der Waals surface area contributed by atoms with Gasteiger partial charge in [-0.3, -0.25) is 0 Å². The number of hydrogen-bond acceptors (Lipinski definition) is 8. The number of aromatic hydroxyl groups is 1. The normalized spacial score (nSPS) is 21.6. The van der Waals surface area contributed by atoms with Crippen LogP contribution in [0.1, 0.15) is 48.4 Å². The molecule has 1 spiro atoms. The zero-order valence-corrected chi connectivity index (χ0v) is 22.1. The second-order valence-corrected chi connectivity index (χ2v) is 12.1. The summed E-state index contributed by atoms with van der Waals surface area (Å²) in [5.41, 5.74) is 6.46. The first-order chi connectivity index (χ1) is 19.1. The van der Waals surface area contributed by atoms with Gasteiger partial charge in [0.2, 0.25) is 5.95 Å². The summed E-state index contributed by atoms with van der Waals surface area (Å²) in [4.78, 5) is 18.1. The van der Waals surface area contributed by atoms with Crippen LogP contribution in [0.3, 0.4) is 0 Å². The van der Waals surface area contributed by atoms with Gasteiger partial charge in [-0.25, -0.2) is 9.97 Å². The van der Waals surface area contributed by atoms with Gasteiger partial charge < -0.3 is 25.2 Å². The number of aromatic amines is 1. The predicted molar refractivity (Wildman–Crippen MR) is 150 cm³/mol. The lowest BCUT2D eigenvalue weighted by Gasteiger charge is -2.58. The molecule has 0 unspecified atom stereocenters. The molecule has 0 amide bonds. The van der Waals surface area contributed by atoms with Gasteiger partial charge in [0.25, 0.3) is 0 Å². The summed E-state index contributed by atoms with van der Waals surface area (Å²) in [6.45, 7) is 6.43. The summed E-state index contributed by atoms with van der Waals surface area (Å²) in [7, 11) is 0. The number of fused-ring (bicyclic) bond motifs is 3. The van der Waals surface area contributed by atoms with Crippen LogP contribution < -0.4 is 10.2 Å². The number of H-pyrrole nitrogens is 1. The van der Waals surface area contributed by atoms with Crippen molar-refractivity contribution in [1.29, 1.82) is 0 Å². The Bertz CT molecular complexity index is 1510. The van der Waals surface area contributed by atoms with Crippen LogP contribution in [0.4, 0.5) is 5.95 Å². The molecule has 3 aliphatic heterocycles. The highest BCUT2D eigenvalue weighted by Gasteiger charge is 2.50. The molecule has 3 aromatic heterocycles. The van der Waals surface area contributed by atoms with Gasteiger partial charge >= 0.3 is 0 Å². The van der Waals surface area contributed by atoms with E-state index in [0.29, 0.717) is 22.6 Å². The summed E-state index contributed by atoms with van der Waals surface area (Å²) >= 11 is 0. The average Bonchev–Trinajstić information content (AvgIpc) is 3.29. The molecule has 6 heterocycles. The standard InChI is InChI=1S/C30H34N8O/c39-27-4-2-1-3-22(27)26-11-23-24-16-38(10-7-25(24)34-28(23)36-35-26)29-32-14-20(15-33-29)19-5-8-37(9-6-19)21-12-30(13-21)17-31-18-30/h1-4,11,14-15,19,21,31,39H,5-10,12-13,16-18H2,(H,34,36). The van der Waals surface area contributed by atoms with Crippen molar-refractivity contribution in [1.82, 2.24) is 35.4 Å². The van der Waals surface area contributed by atoms with Gasteiger partial charge in [0, 0.05) is 73.2 Å². The number of hydrogen-bond donors (Lipinski definition) is 3. The summed E-state index contributed by atoms with van der Waals surface area (Å²) < 4.78 is 0. The van der Waals surface area contributed by atoms with E-state index >= 15 is 0 Å². The first-order valence-electron chi connectivity index (χ1n) is 14.3. The van der Waals surface area contributed by atoms with Crippen molar-refractivity contribution < 1.29 is 5.11 Å². The number of nitrogens with one attached hydrogen (secondary N) is 2. The number of para-hydroxylation sites is 1. The molecule has 1 aliphatic carbocycles. The molecule has 3 fully saturated rings. The highest BCUT2D eigenvalue weighted by Crippen LogP contribution is 2.47. The van der Waals surface area contributed by atoms with E-state index in [1.165, 1.54) is 68.7 Å². The minimum Gasteiger partial charge on any atom is -0.507 e. The Balaban J connectivity index is 0.954. The van der Waals surface area contributed by atoms with Crippen molar-refractivity contribution in [2.75, 3.05) is 37.6 Å². The fourth-order valence-electron chi connectivity index (χ4n) is 7.27. The SMILES string of the molecule is Oc1ccccc1-c1cc2c3c([nH]c2nn1)CCN(c1ncc(C2CCN(C4CC5(CNC5)C4)CC2)cn1)C3. The zero-order chi connectivity index (χ0) is 26.0. The van der Waals surface area contributed by atoms with Crippen molar-refractivity contribution in [3.05, 3.63) is 59.5 Å². The Morgan fingerprint density at radius 1 is 0.974 bits per heavy atom. The van der Waals surface area contributed by atoms with E-state index in [9.17, 15) is 5.11 Å². The Kier molecular flexibility index (Phi) is 5.38. The van der Waals surface area contributed by atoms with Crippen LogP contribution in [-0.2, 0) is 13.0 Å². The van der Waals surface area contributed by atoms with Crippen molar-refractivity contribution in [3.63, 3.8) is 0 Å². The van der Waals surface area contributed by atoms with Gasteiger partial charge in [-0.2, -0.15) is 0 Å². The summed E-state index contributed by atoms with van der Waals surface area (Å²) in [6, 6.07) is 10.1. The average molecular weight is 523 g/mol.